The number of hydrogen-bond donors (Lipinski definition) is 2. The Hall–Kier alpha value is -4.01. The second-order valence-electron chi connectivity index (χ2n) is 11.6. The lowest BCUT2D eigenvalue weighted by Crippen LogP contribution is -2.40. The largest absolute Gasteiger partial charge is 0.365 e. The summed E-state index contributed by atoms with van der Waals surface area (Å²) >= 11 is 0. The lowest BCUT2D eigenvalue weighted by atomic mass is 9.96. The van der Waals surface area contributed by atoms with Crippen LogP contribution in [0.25, 0.3) is 10.9 Å². The van der Waals surface area contributed by atoms with Crippen molar-refractivity contribution in [3.63, 3.8) is 0 Å². The molecule has 2 N–H and O–H groups in total. The third-order valence-corrected chi connectivity index (χ3v) is 7.91. The van der Waals surface area contributed by atoms with Crippen molar-refractivity contribution < 1.29 is 4.79 Å². The van der Waals surface area contributed by atoms with Gasteiger partial charge in [-0.15, -0.1) is 0 Å². The minimum atomic E-state index is 0.0519. The molecule has 1 aliphatic heterocycles. The van der Waals surface area contributed by atoms with E-state index < -0.39 is 0 Å². The number of hydrogen-bond acceptors (Lipinski definition) is 7. The summed E-state index contributed by atoms with van der Waals surface area (Å²) in [5.41, 5.74) is 5.28. The number of carbonyl (C=O) groups is 1. The number of rotatable bonds is 11. The van der Waals surface area contributed by atoms with Crippen molar-refractivity contribution in [1.29, 1.82) is 0 Å². The van der Waals surface area contributed by atoms with Gasteiger partial charge in [0, 0.05) is 43.7 Å². The molecule has 1 aromatic heterocycles. The molecule has 2 heterocycles. The van der Waals surface area contributed by atoms with Crippen LogP contribution in [-0.4, -0.2) is 68.1 Å². The summed E-state index contributed by atoms with van der Waals surface area (Å²) in [6.45, 7) is 6.81. The van der Waals surface area contributed by atoms with Crippen molar-refractivity contribution in [1.82, 2.24) is 20.2 Å². The standard InChI is InChI=1S/C34H43N7O/c1-25-10-15-30-31(22-25)37-34(40(4)21-20-39(2)3)38-32(30)36-23-26-11-13-29(14-12-26)41(24-27-8-6-5-7-9-27)33(42)28-16-18-35-19-17-28/h5-15,22,28,35H,16-21,23-24H2,1-4H3,(H,36,37,38). The molecule has 5 rings (SSSR count). The van der Waals surface area contributed by atoms with E-state index in [0.29, 0.717) is 19.0 Å². The van der Waals surface area contributed by atoms with Crippen molar-refractivity contribution >= 4 is 34.3 Å². The smallest absolute Gasteiger partial charge is 0.230 e. The normalized spacial score (nSPS) is 13.8. The van der Waals surface area contributed by atoms with E-state index in [1.54, 1.807) is 0 Å². The number of nitrogens with zero attached hydrogens (tertiary/aromatic N) is 5. The Bertz CT molecular complexity index is 1470. The fraction of sp³-hybridized carbons (Fsp3) is 0.382. The molecule has 0 saturated carbocycles. The number of amides is 1. The maximum absolute atomic E-state index is 13.7. The van der Waals surface area contributed by atoms with Gasteiger partial charge in [0.25, 0.3) is 0 Å². The quantitative estimate of drug-likeness (QED) is 0.263. The summed E-state index contributed by atoms with van der Waals surface area (Å²) < 4.78 is 0. The zero-order chi connectivity index (χ0) is 29.5. The van der Waals surface area contributed by atoms with Gasteiger partial charge >= 0.3 is 0 Å². The summed E-state index contributed by atoms with van der Waals surface area (Å²) in [7, 11) is 6.18. The number of fused-ring (bicyclic) bond motifs is 1. The van der Waals surface area contributed by atoms with Crippen LogP contribution in [0.1, 0.15) is 29.5 Å². The molecule has 0 unspecified atom stereocenters. The maximum Gasteiger partial charge on any atom is 0.230 e. The third kappa shape index (κ3) is 7.43. The van der Waals surface area contributed by atoms with Gasteiger partial charge in [-0.05, 0) is 87.9 Å². The number of piperidine rings is 1. The summed E-state index contributed by atoms with van der Waals surface area (Å²) in [6.07, 6.45) is 1.76. The molecule has 3 aromatic carbocycles. The van der Waals surface area contributed by atoms with Gasteiger partial charge in [-0.25, -0.2) is 4.98 Å². The first kappa shape index (κ1) is 29.5. The van der Waals surface area contributed by atoms with Crippen molar-refractivity contribution in [2.75, 3.05) is 62.4 Å². The molecular formula is C34H43N7O. The maximum atomic E-state index is 13.7. The lowest BCUT2D eigenvalue weighted by Gasteiger charge is -2.30. The number of nitrogens with one attached hydrogen (secondary N) is 2. The van der Waals surface area contributed by atoms with Crippen LogP contribution in [0, 0.1) is 12.8 Å². The van der Waals surface area contributed by atoms with Crippen LogP contribution in [0.4, 0.5) is 17.5 Å². The molecule has 8 nitrogen and oxygen atoms in total. The molecule has 42 heavy (non-hydrogen) atoms. The van der Waals surface area contributed by atoms with Crippen LogP contribution in [0.15, 0.2) is 72.8 Å². The molecule has 0 aliphatic carbocycles. The molecule has 0 atom stereocenters. The first-order valence-electron chi connectivity index (χ1n) is 14.9. The van der Waals surface area contributed by atoms with Gasteiger partial charge in [0.1, 0.15) is 5.82 Å². The number of aromatic nitrogens is 2. The number of anilines is 3. The van der Waals surface area contributed by atoms with Crippen molar-refractivity contribution in [2.45, 2.75) is 32.9 Å². The molecular weight excluding hydrogens is 522 g/mol. The second-order valence-corrected chi connectivity index (χ2v) is 11.6. The lowest BCUT2D eigenvalue weighted by molar-refractivity contribution is -0.123. The Kier molecular flexibility index (Phi) is 9.66. The van der Waals surface area contributed by atoms with Crippen LogP contribution in [-0.2, 0) is 17.9 Å². The van der Waals surface area contributed by atoms with Crippen LogP contribution in [0.3, 0.4) is 0 Å². The molecule has 1 saturated heterocycles. The van der Waals surface area contributed by atoms with E-state index in [4.69, 9.17) is 9.97 Å². The van der Waals surface area contributed by atoms with E-state index in [2.05, 4.69) is 96.0 Å². The minimum Gasteiger partial charge on any atom is -0.365 e. The SMILES string of the molecule is Cc1ccc2c(NCc3ccc(N(Cc4ccccc4)C(=O)C4CCNCC4)cc3)nc(N(C)CCN(C)C)nc2c1. The predicted molar refractivity (Wildman–Crippen MR) is 173 cm³/mol. The molecule has 8 heteroatoms. The third-order valence-electron chi connectivity index (χ3n) is 7.91. The van der Waals surface area contributed by atoms with Gasteiger partial charge in [-0.1, -0.05) is 48.5 Å². The highest BCUT2D eigenvalue weighted by atomic mass is 16.2. The van der Waals surface area contributed by atoms with Crippen LogP contribution in [0.5, 0.6) is 0 Å². The fourth-order valence-electron chi connectivity index (χ4n) is 5.31. The first-order chi connectivity index (χ1) is 20.4. The molecule has 0 spiro atoms. The van der Waals surface area contributed by atoms with Crippen molar-refractivity contribution in [2.24, 2.45) is 5.92 Å². The van der Waals surface area contributed by atoms with E-state index in [-0.39, 0.29) is 11.8 Å². The minimum absolute atomic E-state index is 0.0519. The van der Waals surface area contributed by atoms with E-state index in [1.165, 1.54) is 5.56 Å². The van der Waals surface area contributed by atoms with E-state index >= 15 is 0 Å². The number of likely N-dealkylation sites (N-methyl/N-ethyl adjacent to an activating group) is 2. The first-order valence-corrected chi connectivity index (χ1v) is 14.9. The monoisotopic (exact) mass is 565 g/mol. The Morgan fingerprint density at radius 2 is 1.64 bits per heavy atom. The summed E-state index contributed by atoms with van der Waals surface area (Å²) in [4.78, 5) is 29.7. The Morgan fingerprint density at radius 1 is 0.905 bits per heavy atom. The molecule has 1 aliphatic rings. The molecule has 1 fully saturated rings. The number of benzene rings is 3. The zero-order valence-corrected chi connectivity index (χ0v) is 25.3. The van der Waals surface area contributed by atoms with Gasteiger partial charge < -0.3 is 25.3 Å². The Labute approximate surface area is 249 Å². The second kappa shape index (κ2) is 13.8. The fourth-order valence-corrected chi connectivity index (χ4v) is 5.31. The van der Waals surface area contributed by atoms with Gasteiger partial charge in [0.05, 0.1) is 12.1 Å². The summed E-state index contributed by atoms with van der Waals surface area (Å²) in [5.74, 6) is 1.79. The molecule has 0 bridgehead atoms. The van der Waals surface area contributed by atoms with Crippen LogP contribution >= 0.6 is 0 Å². The average Bonchev–Trinajstić information content (AvgIpc) is 3.02. The Balaban J connectivity index is 1.35. The van der Waals surface area contributed by atoms with Gasteiger partial charge in [-0.2, -0.15) is 4.98 Å². The van der Waals surface area contributed by atoms with Gasteiger partial charge in [0.2, 0.25) is 11.9 Å². The number of aryl methyl sites for hydroxylation is 1. The van der Waals surface area contributed by atoms with E-state index in [0.717, 1.165) is 72.6 Å². The summed E-state index contributed by atoms with van der Waals surface area (Å²) in [6, 6.07) is 24.9. The predicted octanol–water partition coefficient (Wildman–Crippen LogP) is 5.08. The highest BCUT2D eigenvalue weighted by Crippen LogP contribution is 2.27. The van der Waals surface area contributed by atoms with Crippen LogP contribution in [0.2, 0.25) is 0 Å². The number of carbonyl (C=O) groups excluding carboxylic acids is 1. The molecule has 4 aromatic rings. The molecule has 220 valence electrons. The van der Waals surface area contributed by atoms with Crippen molar-refractivity contribution in [3.8, 4) is 0 Å². The van der Waals surface area contributed by atoms with E-state index in [9.17, 15) is 4.79 Å². The zero-order valence-electron chi connectivity index (χ0n) is 25.3. The molecule has 0 radical (unpaired) electrons. The van der Waals surface area contributed by atoms with Gasteiger partial charge in [0.15, 0.2) is 0 Å². The van der Waals surface area contributed by atoms with Gasteiger partial charge in [-0.3, -0.25) is 4.79 Å². The highest BCUT2D eigenvalue weighted by molar-refractivity contribution is 5.95. The Morgan fingerprint density at radius 3 is 2.36 bits per heavy atom. The van der Waals surface area contributed by atoms with Crippen LogP contribution < -0.4 is 20.4 Å². The highest BCUT2D eigenvalue weighted by Gasteiger charge is 2.27. The molecule has 1 amide bonds. The van der Waals surface area contributed by atoms with Crippen molar-refractivity contribution in [3.05, 3.63) is 89.5 Å². The summed E-state index contributed by atoms with van der Waals surface area (Å²) in [5, 5.41) is 7.95. The van der Waals surface area contributed by atoms with E-state index in [1.807, 2.05) is 30.1 Å². The average molecular weight is 566 g/mol. The topological polar surface area (TPSA) is 76.6 Å².